The average molecular weight is 413 g/mol. The molecule has 0 radical (unpaired) electrons. The van der Waals surface area contributed by atoms with Crippen LogP contribution >= 0.6 is 0 Å². The van der Waals surface area contributed by atoms with E-state index in [1.165, 1.54) is 13.8 Å². The maximum Gasteiger partial charge on any atom is 0.461 e. The molecule has 2 amide bonds. The van der Waals surface area contributed by atoms with Crippen molar-refractivity contribution in [2.24, 2.45) is 11.7 Å². The Morgan fingerprint density at radius 3 is 2.07 bits per heavy atom. The Kier molecular flexibility index (Phi) is 7.18. The third kappa shape index (κ3) is 4.79. The number of hydrogen-bond acceptors (Lipinski definition) is 4. The van der Waals surface area contributed by atoms with E-state index in [0.29, 0.717) is 12.0 Å². The summed E-state index contributed by atoms with van der Waals surface area (Å²) in [6.45, 7) is 5.81. The van der Waals surface area contributed by atoms with Gasteiger partial charge in [0, 0.05) is 6.54 Å². The Morgan fingerprint density at radius 1 is 1.11 bits per heavy atom. The molecule has 0 saturated carbocycles. The average Bonchev–Trinajstić information content (AvgIpc) is 3.05. The third-order valence-corrected chi connectivity index (χ3v) is 4.50. The summed E-state index contributed by atoms with van der Waals surface area (Å²) in [4.78, 5) is 37.8. The van der Waals surface area contributed by atoms with Crippen molar-refractivity contribution in [1.29, 1.82) is 0 Å². The number of carbonyl (C=O) groups is 3. The minimum Gasteiger partial charge on any atom is -0.394 e. The van der Waals surface area contributed by atoms with Crippen molar-refractivity contribution in [3.8, 4) is 0 Å². The van der Waals surface area contributed by atoms with E-state index < -0.39 is 47.7 Å². The summed E-state index contributed by atoms with van der Waals surface area (Å²) >= 11 is 0. The fourth-order valence-electron chi connectivity index (χ4n) is 2.77. The molecule has 0 aromatic carbocycles. The summed E-state index contributed by atoms with van der Waals surface area (Å²) < 4.78 is 64.5. The number of rotatable bonds is 6. The zero-order chi connectivity index (χ0) is 22.0. The maximum absolute atomic E-state index is 13.4. The lowest BCUT2D eigenvalue weighted by Crippen LogP contribution is -2.58. The third-order valence-electron chi connectivity index (χ3n) is 4.50. The normalized spacial score (nSPS) is 18.8. The van der Waals surface area contributed by atoms with Crippen LogP contribution in [0.5, 0.6) is 0 Å². The number of nitrogens with zero attached hydrogens (tertiary/aromatic N) is 1. The Bertz CT molecular complexity index is 669. The van der Waals surface area contributed by atoms with Crippen LogP contribution in [0.4, 0.5) is 22.0 Å². The molecule has 1 rings (SSSR count). The number of hydrogen-bond donors (Lipinski definition) is 2. The highest BCUT2D eigenvalue weighted by Gasteiger charge is 2.64. The molecule has 6 nitrogen and oxygen atoms in total. The molecule has 0 bridgehead atoms. The first kappa shape index (κ1) is 23.8. The molecule has 1 fully saturated rings. The van der Waals surface area contributed by atoms with Gasteiger partial charge in [0.25, 0.3) is 5.91 Å². The number of ketones is 1. The number of allylic oxidation sites excluding steroid dienone is 1. The lowest BCUT2D eigenvalue weighted by atomic mass is 9.95. The molecule has 11 heteroatoms. The van der Waals surface area contributed by atoms with E-state index in [4.69, 9.17) is 5.73 Å². The first-order valence-corrected chi connectivity index (χ1v) is 8.66. The van der Waals surface area contributed by atoms with Crippen LogP contribution in [-0.4, -0.2) is 53.2 Å². The summed E-state index contributed by atoms with van der Waals surface area (Å²) in [6.07, 6.45) is -5.49. The lowest BCUT2D eigenvalue weighted by molar-refractivity contribution is -0.270. The highest BCUT2D eigenvalue weighted by molar-refractivity contribution is 5.99. The molecule has 160 valence electrons. The van der Waals surface area contributed by atoms with E-state index in [9.17, 15) is 36.3 Å². The topological polar surface area (TPSA) is 92.5 Å². The number of halogens is 5. The van der Waals surface area contributed by atoms with Gasteiger partial charge in [-0.25, -0.2) is 0 Å². The Labute approximate surface area is 159 Å². The van der Waals surface area contributed by atoms with Gasteiger partial charge in [-0.15, -0.1) is 0 Å². The summed E-state index contributed by atoms with van der Waals surface area (Å²) in [7, 11) is 0. The molecule has 1 aliphatic rings. The number of alkyl halides is 5. The van der Waals surface area contributed by atoms with Crippen LogP contribution < -0.4 is 11.1 Å². The maximum atomic E-state index is 13.4. The molecule has 28 heavy (non-hydrogen) atoms. The molecule has 1 aliphatic heterocycles. The van der Waals surface area contributed by atoms with E-state index in [0.717, 1.165) is 4.90 Å². The Hall–Kier alpha value is -2.20. The fraction of sp³-hybridized carbons (Fsp3) is 0.706. The Morgan fingerprint density at radius 2 is 1.64 bits per heavy atom. The molecular weight excluding hydrogens is 389 g/mol. The van der Waals surface area contributed by atoms with Gasteiger partial charge in [0.05, 0.1) is 11.7 Å². The highest BCUT2D eigenvalue weighted by atomic mass is 19.4. The van der Waals surface area contributed by atoms with Crippen molar-refractivity contribution >= 4 is 17.6 Å². The largest absolute Gasteiger partial charge is 0.461 e. The smallest absolute Gasteiger partial charge is 0.394 e. The summed E-state index contributed by atoms with van der Waals surface area (Å²) in [5.41, 5.74) is 6.11. The predicted octanol–water partition coefficient (Wildman–Crippen LogP) is 2.14. The second-order valence-corrected chi connectivity index (χ2v) is 7.24. The molecule has 3 N–H and O–H groups in total. The molecule has 2 atom stereocenters. The minimum absolute atomic E-state index is 0.0835. The van der Waals surface area contributed by atoms with E-state index in [-0.39, 0.29) is 18.7 Å². The summed E-state index contributed by atoms with van der Waals surface area (Å²) in [6, 6.07) is -3.18. The predicted molar refractivity (Wildman–Crippen MR) is 90.1 cm³/mol. The lowest BCUT2D eigenvalue weighted by Gasteiger charge is -2.30. The van der Waals surface area contributed by atoms with Gasteiger partial charge in [0.15, 0.2) is 0 Å². The van der Waals surface area contributed by atoms with Gasteiger partial charge in [0.1, 0.15) is 6.04 Å². The van der Waals surface area contributed by atoms with E-state index >= 15 is 0 Å². The highest BCUT2D eigenvalue weighted by Crippen LogP contribution is 2.37. The van der Waals surface area contributed by atoms with Crippen LogP contribution in [0.2, 0.25) is 0 Å². The van der Waals surface area contributed by atoms with Crippen molar-refractivity contribution in [2.45, 2.75) is 64.7 Å². The van der Waals surface area contributed by atoms with Gasteiger partial charge in [0.2, 0.25) is 11.7 Å². The van der Waals surface area contributed by atoms with Crippen molar-refractivity contribution in [3.63, 3.8) is 0 Å². The van der Waals surface area contributed by atoms with E-state index in [2.05, 4.69) is 0 Å². The van der Waals surface area contributed by atoms with Gasteiger partial charge in [-0.05, 0) is 38.2 Å². The number of Topliss-reactive ketones (excluding diaryl/α,β-unsaturated/α-hetero) is 1. The minimum atomic E-state index is -6.07. The number of nitrogens with one attached hydrogen (secondary N) is 1. The van der Waals surface area contributed by atoms with Crippen LogP contribution in [-0.2, 0) is 14.4 Å². The zero-order valence-electron chi connectivity index (χ0n) is 16.0. The van der Waals surface area contributed by atoms with Crippen LogP contribution in [0.15, 0.2) is 11.3 Å². The molecule has 0 unspecified atom stereocenters. The van der Waals surface area contributed by atoms with Crippen LogP contribution in [0.1, 0.15) is 40.5 Å². The summed E-state index contributed by atoms with van der Waals surface area (Å²) in [5.74, 6) is -10.7. The number of carbonyl (C=O) groups excluding carboxylic acids is 3. The molecule has 0 aliphatic carbocycles. The number of amides is 2. The zero-order valence-corrected chi connectivity index (χ0v) is 16.0. The fourth-order valence-corrected chi connectivity index (χ4v) is 2.77. The molecular formula is C17H24F5N3O3. The second-order valence-electron chi connectivity index (χ2n) is 7.24. The van der Waals surface area contributed by atoms with Crippen molar-refractivity contribution in [1.82, 2.24) is 10.2 Å². The SMILES string of the molecule is CC(C)=C(N)C(=O)N1CCC[C@H]1C(=O)N[C@@H](C(=O)C(F)(F)C(F)(F)F)C(C)C. The second kappa shape index (κ2) is 8.44. The van der Waals surface area contributed by atoms with Crippen molar-refractivity contribution < 1.29 is 36.3 Å². The monoisotopic (exact) mass is 413 g/mol. The molecule has 0 aromatic heterocycles. The van der Waals surface area contributed by atoms with Crippen molar-refractivity contribution in [3.05, 3.63) is 11.3 Å². The quantitative estimate of drug-likeness (QED) is 0.516. The summed E-state index contributed by atoms with van der Waals surface area (Å²) in [5, 5.41) is 1.97. The van der Waals surface area contributed by atoms with Gasteiger partial charge < -0.3 is 16.0 Å². The van der Waals surface area contributed by atoms with Gasteiger partial charge >= 0.3 is 12.1 Å². The van der Waals surface area contributed by atoms with Crippen LogP contribution in [0.3, 0.4) is 0 Å². The standard InChI is InChI=1S/C17H24F5N3O3/c1-8(2)11(23)15(28)25-7-5-6-10(25)14(27)24-12(9(3)4)13(26)16(18,19)17(20,21)22/h9-10,12H,5-7,23H2,1-4H3,(H,24,27)/t10-,12+/m0/s1. The van der Waals surface area contributed by atoms with E-state index in [1.54, 1.807) is 13.8 Å². The van der Waals surface area contributed by atoms with Crippen molar-refractivity contribution in [2.75, 3.05) is 6.54 Å². The van der Waals surface area contributed by atoms with Crippen LogP contribution in [0, 0.1) is 5.92 Å². The Balaban J connectivity index is 3.06. The van der Waals surface area contributed by atoms with Gasteiger partial charge in [-0.1, -0.05) is 13.8 Å². The van der Waals surface area contributed by atoms with Gasteiger partial charge in [-0.2, -0.15) is 22.0 Å². The van der Waals surface area contributed by atoms with Gasteiger partial charge in [-0.3, -0.25) is 14.4 Å². The first-order valence-electron chi connectivity index (χ1n) is 8.66. The molecule has 1 heterocycles. The number of likely N-dealkylation sites (tertiary alicyclic amines) is 1. The van der Waals surface area contributed by atoms with Crippen LogP contribution in [0.25, 0.3) is 0 Å². The number of nitrogens with two attached hydrogens (primary N) is 1. The molecule has 1 saturated heterocycles. The molecule has 0 aromatic rings. The van der Waals surface area contributed by atoms with E-state index in [1.807, 2.05) is 5.32 Å². The first-order chi connectivity index (χ1) is 12.6. The molecule has 0 spiro atoms.